The molecular formula is C34H29Cl5N8O2S2. The van der Waals surface area contributed by atoms with E-state index in [1.165, 1.54) is 34.9 Å². The van der Waals surface area contributed by atoms with Crippen molar-refractivity contribution in [3.8, 4) is 0 Å². The standard InChI is InChI=1S/C17H14Cl2N4OS.C12H11ClN2OS.C5H4Cl2N2/c1-9-4-3-5-12(18)11(9)6-13(24)14-8-20-17(25-14)23-16-7-15(19)21-10(2)22-16;1-7-3-2-4-9(13)8(7)5-10(16)11-6-15-12(14)17-11;1-3-8-4(6)2-5(7)9-3/h3-5,7-8H,6H2,1-2H3,(H,20,21,22,23);2-4,6H,5H2,1H3,(H2,14,15);2H,1H3. The number of nitrogens with zero attached hydrogens (tertiary/aromatic N) is 6. The van der Waals surface area contributed by atoms with Gasteiger partial charge >= 0.3 is 0 Å². The van der Waals surface area contributed by atoms with Crippen molar-refractivity contribution in [2.24, 2.45) is 0 Å². The van der Waals surface area contributed by atoms with Gasteiger partial charge in [0.1, 0.15) is 32.9 Å². The molecule has 4 aromatic heterocycles. The second-order valence-electron chi connectivity index (χ2n) is 10.7. The number of rotatable bonds is 8. The van der Waals surface area contributed by atoms with Crippen molar-refractivity contribution in [1.82, 2.24) is 29.9 Å². The highest BCUT2D eigenvalue weighted by molar-refractivity contribution is 7.17. The summed E-state index contributed by atoms with van der Waals surface area (Å²) in [5.41, 5.74) is 9.22. The molecule has 6 rings (SSSR count). The Hall–Kier alpha value is -3.75. The maximum atomic E-state index is 12.5. The number of halogens is 5. The lowest BCUT2D eigenvalue weighted by atomic mass is 10.0. The average Bonchev–Trinajstić information content (AvgIpc) is 3.69. The number of nitrogens with one attached hydrogen (secondary N) is 1. The number of nitrogens with two attached hydrogens (primary N) is 1. The second kappa shape index (κ2) is 18.7. The van der Waals surface area contributed by atoms with E-state index in [4.69, 9.17) is 63.7 Å². The smallest absolute Gasteiger partial charge is 0.188 e. The lowest BCUT2D eigenvalue weighted by Crippen LogP contribution is -2.03. The van der Waals surface area contributed by atoms with E-state index < -0.39 is 0 Å². The number of anilines is 3. The van der Waals surface area contributed by atoms with Crippen molar-refractivity contribution in [2.45, 2.75) is 40.5 Å². The van der Waals surface area contributed by atoms with Gasteiger partial charge in [0, 0.05) is 35.0 Å². The number of hydrogen-bond acceptors (Lipinski definition) is 12. The van der Waals surface area contributed by atoms with Crippen LogP contribution in [0.15, 0.2) is 60.9 Å². The number of aromatic nitrogens is 6. The summed E-state index contributed by atoms with van der Waals surface area (Å²) in [5, 5.41) is 6.34. The highest BCUT2D eigenvalue weighted by Gasteiger charge is 2.16. The molecule has 51 heavy (non-hydrogen) atoms. The molecule has 0 amide bonds. The van der Waals surface area contributed by atoms with Crippen molar-refractivity contribution < 1.29 is 9.59 Å². The number of Topliss-reactive ketones (excluding diaryl/α,β-unsaturated/α-hetero) is 2. The number of carbonyl (C=O) groups excluding carboxylic acids is 2. The summed E-state index contributed by atoms with van der Waals surface area (Å²) in [6, 6.07) is 14.3. The largest absolute Gasteiger partial charge is 0.375 e. The lowest BCUT2D eigenvalue weighted by molar-refractivity contribution is 0.0988. The van der Waals surface area contributed by atoms with Gasteiger partial charge in [-0.3, -0.25) is 9.59 Å². The molecule has 0 saturated heterocycles. The van der Waals surface area contributed by atoms with Crippen LogP contribution in [0.5, 0.6) is 0 Å². The predicted octanol–water partition coefficient (Wildman–Crippen LogP) is 10.2. The zero-order chi connectivity index (χ0) is 37.2. The quantitative estimate of drug-likeness (QED) is 0.112. The van der Waals surface area contributed by atoms with Crippen molar-refractivity contribution in [3.63, 3.8) is 0 Å². The van der Waals surface area contributed by atoms with Gasteiger partial charge in [-0.1, -0.05) is 105 Å². The minimum atomic E-state index is -0.0290. The van der Waals surface area contributed by atoms with Gasteiger partial charge in [-0.2, -0.15) is 0 Å². The SMILES string of the molecule is Cc1cccc(Cl)c1CC(=O)c1cnc(N)s1.Cc1nc(Cl)cc(Cl)n1.Cc1nc(Cl)cc(Nc2ncc(C(=O)Cc3c(C)cccc3Cl)s2)n1. The molecular weight excluding hydrogens is 794 g/mol. The molecule has 6 aromatic rings. The molecule has 0 aliphatic heterocycles. The number of thiazole rings is 2. The monoisotopic (exact) mass is 820 g/mol. The Labute approximate surface area is 327 Å². The average molecular weight is 823 g/mol. The fourth-order valence-electron chi connectivity index (χ4n) is 4.36. The summed E-state index contributed by atoms with van der Waals surface area (Å²) in [6.45, 7) is 7.36. The zero-order valence-corrected chi connectivity index (χ0v) is 32.9. The van der Waals surface area contributed by atoms with Crippen molar-refractivity contribution in [2.75, 3.05) is 11.1 Å². The molecule has 0 radical (unpaired) electrons. The van der Waals surface area contributed by atoms with Crippen LogP contribution in [-0.2, 0) is 12.8 Å². The molecule has 10 nitrogen and oxygen atoms in total. The van der Waals surface area contributed by atoms with E-state index in [9.17, 15) is 9.59 Å². The first-order valence-electron chi connectivity index (χ1n) is 14.8. The first kappa shape index (κ1) is 40.0. The maximum Gasteiger partial charge on any atom is 0.188 e. The molecule has 17 heteroatoms. The summed E-state index contributed by atoms with van der Waals surface area (Å²) in [6.07, 6.45) is 3.59. The summed E-state index contributed by atoms with van der Waals surface area (Å²) in [7, 11) is 0. The third kappa shape index (κ3) is 12.2. The van der Waals surface area contributed by atoms with E-state index in [2.05, 4.69) is 35.2 Å². The number of hydrogen-bond donors (Lipinski definition) is 2. The Morgan fingerprint density at radius 1 is 0.667 bits per heavy atom. The van der Waals surface area contributed by atoms with Gasteiger partial charge in [-0.05, 0) is 62.1 Å². The molecule has 0 spiro atoms. The van der Waals surface area contributed by atoms with E-state index in [1.54, 1.807) is 38.2 Å². The van der Waals surface area contributed by atoms with Crippen LogP contribution in [0.4, 0.5) is 16.1 Å². The van der Waals surface area contributed by atoms with Crippen LogP contribution in [0, 0.1) is 27.7 Å². The van der Waals surface area contributed by atoms with Crippen molar-refractivity contribution in [1.29, 1.82) is 0 Å². The van der Waals surface area contributed by atoms with Crippen molar-refractivity contribution in [3.05, 3.63) is 130 Å². The Bertz CT molecular complexity index is 2070. The van der Waals surface area contributed by atoms with Gasteiger partial charge in [0.25, 0.3) is 0 Å². The van der Waals surface area contributed by atoms with Crippen molar-refractivity contribution >= 4 is 108 Å². The van der Waals surface area contributed by atoms with Crippen LogP contribution in [0.25, 0.3) is 0 Å². The first-order valence-corrected chi connectivity index (χ1v) is 18.4. The topological polar surface area (TPSA) is 150 Å². The molecule has 0 bridgehead atoms. The Kier molecular flexibility index (Phi) is 14.6. The van der Waals surface area contributed by atoms with Gasteiger partial charge in [-0.15, -0.1) is 0 Å². The predicted molar refractivity (Wildman–Crippen MR) is 209 cm³/mol. The summed E-state index contributed by atoms with van der Waals surface area (Å²) >= 11 is 31.7. The number of aryl methyl sites for hydroxylation is 4. The van der Waals surface area contributed by atoms with E-state index in [0.29, 0.717) is 63.0 Å². The van der Waals surface area contributed by atoms with Gasteiger partial charge in [0.05, 0.1) is 22.1 Å². The molecule has 0 unspecified atom stereocenters. The second-order valence-corrected chi connectivity index (χ2v) is 14.7. The molecule has 3 N–H and O–H groups in total. The van der Waals surface area contributed by atoms with E-state index in [0.717, 1.165) is 22.3 Å². The number of nitrogen functional groups attached to an aromatic ring is 1. The van der Waals surface area contributed by atoms with Crippen LogP contribution in [0.2, 0.25) is 25.5 Å². The number of carbonyl (C=O) groups is 2. The number of ketones is 2. The summed E-state index contributed by atoms with van der Waals surface area (Å²) in [4.78, 5) is 49.6. The number of benzene rings is 2. The molecule has 0 aliphatic rings. The Morgan fingerprint density at radius 2 is 1.14 bits per heavy atom. The third-order valence-corrected chi connectivity index (χ3v) is 9.89. The van der Waals surface area contributed by atoms with Crippen LogP contribution >= 0.6 is 80.7 Å². The third-order valence-electron chi connectivity index (χ3n) is 6.78. The van der Waals surface area contributed by atoms with E-state index in [1.807, 2.05) is 38.1 Å². The zero-order valence-electron chi connectivity index (χ0n) is 27.5. The maximum absolute atomic E-state index is 12.5. The van der Waals surface area contributed by atoms with Crippen LogP contribution in [0.1, 0.15) is 53.2 Å². The first-order chi connectivity index (χ1) is 24.2. The molecule has 0 fully saturated rings. The fourth-order valence-corrected chi connectivity index (χ4v) is 7.05. The fraction of sp³-hybridized carbons (Fsp3) is 0.176. The normalized spacial score (nSPS) is 10.5. The van der Waals surface area contributed by atoms with Crippen LogP contribution < -0.4 is 11.1 Å². The highest BCUT2D eigenvalue weighted by atomic mass is 35.5. The molecule has 0 saturated carbocycles. The summed E-state index contributed by atoms with van der Waals surface area (Å²) in [5.74, 6) is 1.64. The van der Waals surface area contributed by atoms with Gasteiger partial charge in [0.2, 0.25) is 0 Å². The minimum absolute atomic E-state index is 0.00426. The molecule has 264 valence electrons. The summed E-state index contributed by atoms with van der Waals surface area (Å²) < 4.78 is 0. The van der Waals surface area contributed by atoms with Crippen LogP contribution in [-0.4, -0.2) is 41.5 Å². The minimum Gasteiger partial charge on any atom is -0.375 e. The lowest BCUT2D eigenvalue weighted by Gasteiger charge is -2.06. The van der Waals surface area contributed by atoms with Gasteiger partial charge < -0.3 is 11.1 Å². The van der Waals surface area contributed by atoms with Gasteiger partial charge in [-0.25, -0.2) is 29.9 Å². The molecule has 0 atom stereocenters. The molecule has 2 aromatic carbocycles. The Morgan fingerprint density at radius 3 is 1.59 bits per heavy atom. The van der Waals surface area contributed by atoms with Gasteiger partial charge in [0.15, 0.2) is 21.8 Å². The highest BCUT2D eigenvalue weighted by Crippen LogP contribution is 2.27. The Balaban J connectivity index is 0.000000192. The molecule has 0 aliphatic carbocycles. The molecule has 4 heterocycles. The van der Waals surface area contributed by atoms with E-state index in [-0.39, 0.29) is 24.4 Å². The van der Waals surface area contributed by atoms with Crippen LogP contribution in [0.3, 0.4) is 0 Å². The van der Waals surface area contributed by atoms with E-state index >= 15 is 0 Å².